The molecule has 0 saturated carbocycles. The minimum atomic E-state index is 0.212. The molecule has 1 aromatic carbocycles. The molecule has 2 rings (SSSR count). The quantitative estimate of drug-likeness (QED) is 0.779. The highest BCUT2D eigenvalue weighted by Crippen LogP contribution is 2.28. The van der Waals surface area contributed by atoms with E-state index in [0.29, 0.717) is 6.42 Å². The lowest BCUT2D eigenvalue weighted by atomic mass is 10.3. The van der Waals surface area contributed by atoms with Crippen LogP contribution in [0.3, 0.4) is 0 Å². The Kier molecular flexibility index (Phi) is 2.83. The fourth-order valence-corrected chi connectivity index (χ4v) is 2.09. The average Bonchev–Trinajstić information content (AvgIpc) is 2.57. The molecule has 0 spiro atoms. The number of hydrogen-bond acceptors (Lipinski definition) is 2. The van der Waals surface area contributed by atoms with Crippen LogP contribution in [0.25, 0.3) is 0 Å². The maximum Gasteiger partial charge on any atom is 0.227 e. The van der Waals surface area contributed by atoms with Crippen molar-refractivity contribution >= 4 is 40.2 Å². The summed E-state index contributed by atoms with van der Waals surface area (Å²) in [4.78, 5) is 14.2. The third-order valence-corrected chi connectivity index (χ3v) is 3.67. The lowest BCUT2D eigenvalue weighted by Gasteiger charge is -2.16. The smallest absolute Gasteiger partial charge is 0.227 e. The molecule has 1 fully saturated rings. The summed E-state index contributed by atoms with van der Waals surface area (Å²) in [5.74, 6) is 0.212. The van der Waals surface area contributed by atoms with E-state index in [-0.39, 0.29) is 5.91 Å². The molecule has 0 N–H and O–H groups in total. The van der Waals surface area contributed by atoms with Gasteiger partial charge in [0.05, 0.1) is 0 Å². The largest absolute Gasteiger partial charge is 0.312 e. The van der Waals surface area contributed by atoms with E-state index in [9.17, 15) is 4.79 Å². The Morgan fingerprint density at radius 3 is 2.79 bits per heavy atom. The Morgan fingerprint density at radius 1 is 1.43 bits per heavy atom. The van der Waals surface area contributed by atoms with Crippen molar-refractivity contribution in [3.63, 3.8) is 0 Å². The van der Waals surface area contributed by atoms with E-state index < -0.39 is 0 Å². The van der Waals surface area contributed by atoms with Crippen molar-refractivity contribution in [2.24, 2.45) is 0 Å². The number of rotatable bonds is 1. The standard InChI is InChI=1S/C10H10BrNOS/c11-8-6-7(3-4-9(8)14)12-5-1-2-10(12)13/h3-4,6,14H,1-2,5H2. The van der Waals surface area contributed by atoms with Gasteiger partial charge >= 0.3 is 0 Å². The molecule has 0 aromatic heterocycles. The van der Waals surface area contributed by atoms with Crippen molar-refractivity contribution in [2.75, 3.05) is 11.4 Å². The first-order chi connectivity index (χ1) is 6.68. The number of benzene rings is 1. The molecule has 0 unspecified atom stereocenters. The van der Waals surface area contributed by atoms with E-state index in [1.807, 2.05) is 23.1 Å². The summed E-state index contributed by atoms with van der Waals surface area (Å²) < 4.78 is 0.929. The Hall–Kier alpha value is -0.480. The van der Waals surface area contributed by atoms with Gasteiger partial charge in [-0.2, -0.15) is 0 Å². The topological polar surface area (TPSA) is 20.3 Å². The van der Waals surface area contributed by atoms with Gasteiger partial charge in [-0.3, -0.25) is 4.79 Å². The van der Waals surface area contributed by atoms with E-state index in [1.165, 1.54) is 0 Å². The third-order valence-electron chi connectivity index (χ3n) is 2.32. The van der Waals surface area contributed by atoms with Crippen LogP contribution in [0.1, 0.15) is 12.8 Å². The second-order valence-corrected chi connectivity index (χ2v) is 4.62. The maximum atomic E-state index is 11.5. The SMILES string of the molecule is O=C1CCCN1c1ccc(S)c(Br)c1. The van der Waals surface area contributed by atoms with Crippen LogP contribution in [0.15, 0.2) is 27.6 Å². The normalized spacial score (nSPS) is 16.4. The van der Waals surface area contributed by atoms with Crippen LogP contribution in [0.5, 0.6) is 0 Å². The molecule has 1 amide bonds. The number of anilines is 1. The maximum absolute atomic E-state index is 11.5. The molecular weight excluding hydrogens is 262 g/mol. The number of amides is 1. The van der Waals surface area contributed by atoms with Gasteiger partial charge in [0.2, 0.25) is 5.91 Å². The average molecular weight is 272 g/mol. The van der Waals surface area contributed by atoms with Gasteiger partial charge in [0.15, 0.2) is 0 Å². The van der Waals surface area contributed by atoms with Crippen LogP contribution in [-0.2, 0) is 4.79 Å². The van der Waals surface area contributed by atoms with Crippen LogP contribution in [0, 0.1) is 0 Å². The van der Waals surface area contributed by atoms with Crippen LogP contribution in [-0.4, -0.2) is 12.5 Å². The van der Waals surface area contributed by atoms with Crippen molar-refractivity contribution in [3.05, 3.63) is 22.7 Å². The van der Waals surface area contributed by atoms with Crippen LogP contribution in [0.2, 0.25) is 0 Å². The van der Waals surface area contributed by atoms with Gasteiger partial charge in [0.1, 0.15) is 0 Å². The molecule has 1 heterocycles. The van der Waals surface area contributed by atoms with Crippen LogP contribution < -0.4 is 4.90 Å². The summed E-state index contributed by atoms with van der Waals surface area (Å²) in [5, 5.41) is 0. The minimum Gasteiger partial charge on any atom is -0.312 e. The minimum absolute atomic E-state index is 0.212. The van der Waals surface area contributed by atoms with Crippen LogP contribution >= 0.6 is 28.6 Å². The number of thiol groups is 1. The highest BCUT2D eigenvalue weighted by molar-refractivity contribution is 9.10. The van der Waals surface area contributed by atoms with E-state index >= 15 is 0 Å². The molecular formula is C10H10BrNOS. The summed E-state index contributed by atoms with van der Waals surface area (Å²) in [6.07, 6.45) is 1.62. The van der Waals surface area contributed by atoms with Crippen molar-refractivity contribution < 1.29 is 4.79 Å². The second-order valence-electron chi connectivity index (χ2n) is 3.28. The number of carbonyl (C=O) groups is 1. The molecule has 14 heavy (non-hydrogen) atoms. The fourth-order valence-electron chi connectivity index (χ4n) is 1.58. The predicted molar refractivity (Wildman–Crippen MR) is 63.0 cm³/mol. The Labute approximate surface area is 96.8 Å². The Bertz CT molecular complexity index is 380. The van der Waals surface area contributed by atoms with E-state index in [2.05, 4.69) is 28.6 Å². The lowest BCUT2D eigenvalue weighted by molar-refractivity contribution is -0.117. The molecule has 4 heteroatoms. The first-order valence-corrected chi connectivity index (χ1v) is 5.71. The van der Waals surface area contributed by atoms with Crippen molar-refractivity contribution in [2.45, 2.75) is 17.7 Å². The molecule has 0 radical (unpaired) electrons. The number of carbonyl (C=O) groups excluding carboxylic acids is 1. The zero-order chi connectivity index (χ0) is 10.1. The number of halogens is 1. The van der Waals surface area contributed by atoms with Gasteiger partial charge in [-0.25, -0.2) is 0 Å². The summed E-state index contributed by atoms with van der Waals surface area (Å²) in [5.41, 5.74) is 0.956. The van der Waals surface area contributed by atoms with Gasteiger partial charge < -0.3 is 4.90 Å². The highest BCUT2D eigenvalue weighted by Gasteiger charge is 2.21. The monoisotopic (exact) mass is 271 g/mol. The van der Waals surface area contributed by atoms with Gasteiger partial charge in [0, 0.05) is 28.0 Å². The highest BCUT2D eigenvalue weighted by atomic mass is 79.9. The zero-order valence-electron chi connectivity index (χ0n) is 7.53. The molecule has 1 aliphatic heterocycles. The first kappa shape index (κ1) is 10.1. The number of hydrogen-bond donors (Lipinski definition) is 1. The van der Waals surface area contributed by atoms with Crippen molar-refractivity contribution in [1.82, 2.24) is 0 Å². The van der Waals surface area contributed by atoms with E-state index in [1.54, 1.807) is 0 Å². The van der Waals surface area contributed by atoms with Crippen molar-refractivity contribution in [1.29, 1.82) is 0 Å². The summed E-state index contributed by atoms with van der Waals surface area (Å²) in [6, 6.07) is 5.76. The first-order valence-electron chi connectivity index (χ1n) is 4.47. The summed E-state index contributed by atoms with van der Waals surface area (Å²) in [6.45, 7) is 0.831. The van der Waals surface area contributed by atoms with Crippen molar-refractivity contribution in [3.8, 4) is 0 Å². The van der Waals surface area contributed by atoms with Gasteiger partial charge in [-0.1, -0.05) is 0 Å². The summed E-state index contributed by atoms with van der Waals surface area (Å²) in [7, 11) is 0. The Morgan fingerprint density at radius 2 is 2.21 bits per heavy atom. The molecule has 0 atom stereocenters. The Balaban J connectivity index is 2.32. The van der Waals surface area contributed by atoms with E-state index in [4.69, 9.17) is 0 Å². The van der Waals surface area contributed by atoms with Gasteiger partial charge in [-0.15, -0.1) is 12.6 Å². The molecule has 1 aromatic rings. The van der Waals surface area contributed by atoms with Gasteiger partial charge in [-0.05, 0) is 40.5 Å². The number of nitrogens with zero attached hydrogens (tertiary/aromatic N) is 1. The lowest BCUT2D eigenvalue weighted by Crippen LogP contribution is -2.23. The second kappa shape index (κ2) is 3.95. The predicted octanol–water partition coefficient (Wildman–Crippen LogP) is 2.86. The molecule has 0 bridgehead atoms. The molecule has 1 saturated heterocycles. The molecule has 2 nitrogen and oxygen atoms in total. The molecule has 1 aliphatic rings. The van der Waals surface area contributed by atoms with Crippen LogP contribution in [0.4, 0.5) is 5.69 Å². The summed E-state index contributed by atoms with van der Waals surface area (Å²) >= 11 is 7.66. The van der Waals surface area contributed by atoms with E-state index in [0.717, 1.165) is 28.0 Å². The van der Waals surface area contributed by atoms with Gasteiger partial charge in [0.25, 0.3) is 0 Å². The fraction of sp³-hybridized carbons (Fsp3) is 0.300. The molecule has 0 aliphatic carbocycles. The zero-order valence-corrected chi connectivity index (χ0v) is 10.0. The molecule has 74 valence electrons. The third kappa shape index (κ3) is 1.81.